The fourth-order valence-electron chi connectivity index (χ4n) is 2.90. The van der Waals surface area contributed by atoms with Gasteiger partial charge in [0.25, 0.3) is 0 Å². The number of Topliss-reactive ketones (excluding diaryl/α,β-unsaturated/α-hetero) is 1. The van der Waals surface area contributed by atoms with Gasteiger partial charge >= 0.3 is 5.97 Å². The van der Waals surface area contributed by atoms with Gasteiger partial charge in [-0.05, 0) is 54.7 Å². The molecule has 0 atom stereocenters. The van der Waals surface area contributed by atoms with E-state index >= 15 is 0 Å². The van der Waals surface area contributed by atoms with Crippen LogP contribution in [0.5, 0.6) is 0 Å². The molecule has 0 saturated carbocycles. The number of esters is 1. The van der Waals surface area contributed by atoms with Crippen LogP contribution in [0.25, 0.3) is 0 Å². The van der Waals surface area contributed by atoms with E-state index in [1.54, 1.807) is 18.2 Å². The van der Waals surface area contributed by atoms with Crippen molar-refractivity contribution < 1.29 is 14.3 Å². The van der Waals surface area contributed by atoms with Gasteiger partial charge in [-0.15, -0.1) is 0 Å². The number of rotatable bonds is 6. The summed E-state index contributed by atoms with van der Waals surface area (Å²) in [6, 6.07) is 22.8. The molecule has 0 radical (unpaired) electrons. The van der Waals surface area contributed by atoms with Gasteiger partial charge in [-0.25, -0.2) is 4.79 Å². The minimum Gasteiger partial charge on any atom is -0.454 e. The second kappa shape index (κ2) is 8.45. The molecule has 3 aromatic rings. The molecule has 0 saturated heterocycles. The number of ether oxygens (including phenoxy) is 1. The first-order valence-corrected chi connectivity index (χ1v) is 8.94. The second-order valence-electron chi connectivity index (χ2n) is 6.62. The zero-order chi connectivity index (χ0) is 19.2. The van der Waals surface area contributed by atoms with E-state index < -0.39 is 5.97 Å². The summed E-state index contributed by atoms with van der Waals surface area (Å²) in [5.41, 5.74) is 5.22. The van der Waals surface area contributed by atoms with Gasteiger partial charge in [0.15, 0.2) is 12.4 Å². The standard InChI is InChI=1S/C24H22O3/c1-17-12-13-21(14-18(17)2)23(25)16-27-24(26)22-11-7-6-10-20(22)15-19-8-4-3-5-9-19/h3-14H,15-16H2,1-2H3. The van der Waals surface area contributed by atoms with Crippen LogP contribution < -0.4 is 0 Å². The maximum atomic E-state index is 12.5. The Labute approximate surface area is 159 Å². The maximum Gasteiger partial charge on any atom is 0.338 e. The summed E-state index contributed by atoms with van der Waals surface area (Å²) in [5, 5.41) is 0. The molecule has 3 nitrogen and oxygen atoms in total. The Morgan fingerprint density at radius 3 is 2.26 bits per heavy atom. The Hall–Kier alpha value is -3.20. The minimum absolute atomic E-state index is 0.202. The number of benzene rings is 3. The molecule has 0 aliphatic rings. The quantitative estimate of drug-likeness (QED) is 0.463. The fourth-order valence-corrected chi connectivity index (χ4v) is 2.90. The smallest absolute Gasteiger partial charge is 0.338 e. The first-order valence-electron chi connectivity index (χ1n) is 8.94. The highest BCUT2D eigenvalue weighted by atomic mass is 16.5. The van der Waals surface area contributed by atoms with Crippen LogP contribution in [-0.4, -0.2) is 18.4 Å². The topological polar surface area (TPSA) is 43.4 Å². The van der Waals surface area contributed by atoms with Gasteiger partial charge in [0.2, 0.25) is 0 Å². The molecule has 0 spiro atoms. The maximum absolute atomic E-state index is 12.5. The summed E-state index contributed by atoms with van der Waals surface area (Å²) in [5.74, 6) is -0.675. The molecule has 0 aliphatic heterocycles. The molecule has 3 heteroatoms. The van der Waals surface area contributed by atoms with Gasteiger partial charge in [0.1, 0.15) is 0 Å². The Bertz CT molecular complexity index is 958. The average Bonchev–Trinajstić information content (AvgIpc) is 2.69. The summed E-state index contributed by atoms with van der Waals surface area (Å²) in [7, 11) is 0. The third-order valence-electron chi connectivity index (χ3n) is 4.64. The molecule has 0 N–H and O–H groups in total. The van der Waals surface area contributed by atoms with Gasteiger partial charge in [-0.3, -0.25) is 4.79 Å². The van der Waals surface area contributed by atoms with Crippen molar-refractivity contribution in [2.45, 2.75) is 20.3 Å². The van der Waals surface area contributed by atoms with Crippen molar-refractivity contribution in [3.63, 3.8) is 0 Å². The fraction of sp³-hybridized carbons (Fsp3) is 0.167. The van der Waals surface area contributed by atoms with E-state index in [1.165, 1.54) is 0 Å². The van der Waals surface area contributed by atoms with Crippen LogP contribution in [0.15, 0.2) is 72.8 Å². The van der Waals surface area contributed by atoms with Gasteiger partial charge < -0.3 is 4.74 Å². The van der Waals surface area contributed by atoms with E-state index in [4.69, 9.17) is 4.74 Å². The van der Waals surface area contributed by atoms with Gasteiger partial charge in [0.05, 0.1) is 5.56 Å². The van der Waals surface area contributed by atoms with Crippen LogP contribution in [0, 0.1) is 13.8 Å². The lowest BCUT2D eigenvalue weighted by atomic mass is 10.00. The first kappa shape index (κ1) is 18.6. The van der Waals surface area contributed by atoms with Crippen molar-refractivity contribution in [1.82, 2.24) is 0 Å². The zero-order valence-corrected chi connectivity index (χ0v) is 15.6. The lowest BCUT2D eigenvalue weighted by Gasteiger charge is -2.10. The molecule has 3 rings (SSSR count). The number of ketones is 1. The minimum atomic E-state index is -0.473. The third-order valence-corrected chi connectivity index (χ3v) is 4.64. The summed E-state index contributed by atoms with van der Waals surface area (Å²) >= 11 is 0. The number of carbonyl (C=O) groups excluding carboxylic acids is 2. The molecule has 27 heavy (non-hydrogen) atoms. The predicted molar refractivity (Wildman–Crippen MR) is 106 cm³/mol. The highest BCUT2D eigenvalue weighted by Crippen LogP contribution is 2.16. The van der Waals surface area contributed by atoms with Crippen molar-refractivity contribution in [2.24, 2.45) is 0 Å². The van der Waals surface area contributed by atoms with Crippen LogP contribution >= 0.6 is 0 Å². The molecular weight excluding hydrogens is 336 g/mol. The zero-order valence-electron chi connectivity index (χ0n) is 15.6. The largest absolute Gasteiger partial charge is 0.454 e. The van der Waals surface area contributed by atoms with E-state index in [0.29, 0.717) is 17.5 Å². The van der Waals surface area contributed by atoms with Crippen LogP contribution in [0.3, 0.4) is 0 Å². The molecule has 0 aliphatic carbocycles. The molecule has 0 unspecified atom stereocenters. The van der Waals surface area contributed by atoms with E-state index in [9.17, 15) is 9.59 Å². The van der Waals surface area contributed by atoms with Crippen molar-refractivity contribution in [2.75, 3.05) is 6.61 Å². The lowest BCUT2D eigenvalue weighted by Crippen LogP contribution is -2.16. The van der Waals surface area contributed by atoms with Gasteiger partial charge in [0, 0.05) is 5.56 Å². The van der Waals surface area contributed by atoms with Crippen molar-refractivity contribution in [3.8, 4) is 0 Å². The van der Waals surface area contributed by atoms with Crippen LogP contribution in [0.2, 0.25) is 0 Å². The molecule has 0 fully saturated rings. The van der Waals surface area contributed by atoms with Crippen molar-refractivity contribution >= 4 is 11.8 Å². The summed E-state index contributed by atoms with van der Waals surface area (Å²) in [6.45, 7) is 3.69. The van der Waals surface area contributed by atoms with E-state index in [0.717, 1.165) is 22.3 Å². The molecule has 0 heterocycles. The molecule has 136 valence electrons. The molecule has 3 aromatic carbocycles. The second-order valence-corrected chi connectivity index (χ2v) is 6.62. The summed E-state index contributed by atoms with van der Waals surface area (Å²) in [4.78, 5) is 24.9. The highest BCUT2D eigenvalue weighted by Gasteiger charge is 2.15. The Morgan fingerprint density at radius 1 is 0.815 bits per heavy atom. The van der Waals surface area contributed by atoms with Gasteiger partial charge in [-0.1, -0.05) is 60.7 Å². The SMILES string of the molecule is Cc1ccc(C(=O)COC(=O)c2ccccc2Cc2ccccc2)cc1C. The van der Waals surface area contributed by atoms with Crippen molar-refractivity contribution in [1.29, 1.82) is 0 Å². The Morgan fingerprint density at radius 2 is 1.52 bits per heavy atom. The molecular formula is C24H22O3. The number of carbonyl (C=O) groups is 2. The van der Waals surface area contributed by atoms with E-state index in [-0.39, 0.29) is 12.4 Å². The van der Waals surface area contributed by atoms with E-state index in [1.807, 2.05) is 68.4 Å². The summed E-state index contributed by atoms with van der Waals surface area (Å²) < 4.78 is 5.30. The Kier molecular flexibility index (Phi) is 5.82. The predicted octanol–water partition coefficient (Wildman–Crippen LogP) is 4.93. The summed E-state index contributed by atoms with van der Waals surface area (Å²) in [6.07, 6.45) is 0.636. The van der Waals surface area contributed by atoms with Gasteiger partial charge in [-0.2, -0.15) is 0 Å². The van der Waals surface area contributed by atoms with Crippen molar-refractivity contribution in [3.05, 3.63) is 106 Å². The van der Waals surface area contributed by atoms with Crippen LogP contribution in [0.4, 0.5) is 0 Å². The highest BCUT2D eigenvalue weighted by molar-refractivity contribution is 5.99. The van der Waals surface area contributed by atoms with E-state index in [2.05, 4.69) is 0 Å². The average molecular weight is 358 g/mol. The molecule has 0 bridgehead atoms. The van der Waals surface area contributed by atoms with Crippen LogP contribution in [-0.2, 0) is 11.2 Å². The molecule has 0 aromatic heterocycles. The number of aryl methyl sites for hydroxylation is 2. The lowest BCUT2D eigenvalue weighted by molar-refractivity contribution is 0.0474. The monoisotopic (exact) mass is 358 g/mol. The molecule has 0 amide bonds. The Balaban J connectivity index is 1.69. The first-order chi connectivity index (χ1) is 13.0. The van der Waals surface area contributed by atoms with Crippen LogP contribution in [0.1, 0.15) is 43.0 Å². The number of hydrogen-bond acceptors (Lipinski definition) is 3. The number of hydrogen-bond donors (Lipinski definition) is 0. The normalized spacial score (nSPS) is 10.4. The third kappa shape index (κ3) is 4.70.